The molecule has 10 rings (SSSR count). The van der Waals surface area contributed by atoms with Crippen molar-refractivity contribution in [3.63, 3.8) is 0 Å². The molecule has 4 aromatic carbocycles. The third-order valence-corrected chi connectivity index (χ3v) is 12.4. The molecule has 16 nitrogen and oxygen atoms in total. The molecule has 0 unspecified atom stereocenters. The van der Waals surface area contributed by atoms with Gasteiger partial charge in [0.15, 0.2) is 5.65 Å². The smallest absolute Gasteiger partial charge is 0.255 e. The number of anilines is 3. The van der Waals surface area contributed by atoms with Gasteiger partial charge in [0.25, 0.3) is 11.8 Å². The molecule has 17 heteroatoms. The fourth-order valence-electron chi connectivity index (χ4n) is 8.87. The summed E-state index contributed by atoms with van der Waals surface area (Å²) in [4.78, 5) is 63.8. The van der Waals surface area contributed by atoms with E-state index in [0.29, 0.717) is 60.0 Å². The van der Waals surface area contributed by atoms with Crippen molar-refractivity contribution in [2.45, 2.75) is 32.4 Å². The van der Waals surface area contributed by atoms with Crippen molar-refractivity contribution < 1.29 is 28.3 Å². The van der Waals surface area contributed by atoms with Crippen LogP contribution in [0.1, 0.15) is 51.1 Å². The Kier molecular flexibility index (Phi) is 12.1. The number of nitrogens with zero attached hydrogens (tertiary/aromatic N) is 8. The molecule has 4 aliphatic heterocycles. The molecule has 4 N–H and O–H groups in total. The van der Waals surface area contributed by atoms with Crippen molar-refractivity contribution in [1.29, 1.82) is 0 Å². The largest absolute Gasteiger partial charge is 0.496 e. The van der Waals surface area contributed by atoms with Crippen LogP contribution in [0.25, 0.3) is 28.0 Å². The van der Waals surface area contributed by atoms with E-state index in [1.54, 1.807) is 9.58 Å². The number of nitrogens with one attached hydrogen (secondary N) is 2. The number of piperidine rings is 1. The number of carbonyl (C=O) groups is 4. The quantitative estimate of drug-likeness (QED) is 0.160. The number of rotatable bonds is 10. The third kappa shape index (κ3) is 9.18. The number of hydrogen-bond acceptors (Lipinski definition) is 12. The minimum absolute atomic E-state index is 0.114. The zero-order chi connectivity index (χ0) is 45.2. The average molecular weight is 880 g/mol. The highest BCUT2D eigenvalue weighted by molar-refractivity contribution is 6.00. The summed E-state index contributed by atoms with van der Waals surface area (Å²) in [6, 6.07) is 26.1. The molecule has 0 atom stereocenters. The highest BCUT2D eigenvalue weighted by Crippen LogP contribution is 2.34. The van der Waals surface area contributed by atoms with Crippen molar-refractivity contribution in [3.8, 4) is 22.7 Å². The summed E-state index contributed by atoms with van der Waals surface area (Å²) < 4.78 is 20.8. The molecule has 0 saturated carbocycles. The Morgan fingerprint density at radius 2 is 1.57 bits per heavy atom. The zero-order valence-corrected chi connectivity index (χ0v) is 36.3. The molecule has 3 saturated heterocycles. The molecule has 4 aliphatic rings. The van der Waals surface area contributed by atoms with Crippen LogP contribution in [0, 0.1) is 11.7 Å². The van der Waals surface area contributed by atoms with E-state index in [2.05, 4.69) is 71.7 Å². The van der Waals surface area contributed by atoms with Gasteiger partial charge in [-0.3, -0.25) is 29.4 Å². The van der Waals surface area contributed by atoms with Gasteiger partial charge in [-0.15, -0.1) is 0 Å². The Labute approximate surface area is 375 Å². The van der Waals surface area contributed by atoms with Crippen LogP contribution in [0.4, 0.5) is 21.6 Å². The summed E-state index contributed by atoms with van der Waals surface area (Å²) in [5.74, 6) is 0.144. The number of nitrogens with two attached hydrogens (primary N) is 1. The number of amides is 4. The first-order valence-corrected chi connectivity index (χ1v) is 21.8. The van der Waals surface area contributed by atoms with Crippen LogP contribution in [-0.2, 0) is 22.7 Å². The summed E-state index contributed by atoms with van der Waals surface area (Å²) in [6.07, 6.45) is 3.17. The van der Waals surface area contributed by atoms with Crippen molar-refractivity contribution in [2.24, 2.45) is 5.92 Å². The first kappa shape index (κ1) is 42.9. The normalized spacial score (nSPS) is 16.5. The van der Waals surface area contributed by atoms with Gasteiger partial charge in [-0.1, -0.05) is 24.3 Å². The number of piperazine rings is 1. The fraction of sp³-hybridized carbons (Fsp3) is 0.312. The first-order chi connectivity index (χ1) is 31.5. The number of fused-ring (bicyclic) bond motifs is 2. The number of imide groups is 1. The van der Waals surface area contributed by atoms with Crippen molar-refractivity contribution in [2.75, 3.05) is 75.5 Å². The Hall–Kier alpha value is -7.40. The van der Waals surface area contributed by atoms with Gasteiger partial charge in [-0.25, -0.2) is 19.0 Å². The van der Waals surface area contributed by atoms with Gasteiger partial charge < -0.3 is 30.5 Å². The minimum Gasteiger partial charge on any atom is -0.496 e. The zero-order valence-electron chi connectivity index (χ0n) is 36.3. The van der Waals surface area contributed by atoms with E-state index >= 15 is 0 Å². The third-order valence-electron chi connectivity index (χ3n) is 12.4. The van der Waals surface area contributed by atoms with Gasteiger partial charge in [0.1, 0.15) is 29.4 Å². The number of carbonyl (C=O) groups excluding carboxylic acids is 4. The van der Waals surface area contributed by atoms with Gasteiger partial charge >= 0.3 is 0 Å². The summed E-state index contributed by atoms with van der Waals surface area (Å²) in [6.45, 7) is 8.09. The van der Waals surface area contributed by atoms with Crippen molar-refractivity contribution >= 4 is 51.9 Å². The molecule has 65 heavy (non-hydrogen) atoms. The Morgan fingerprint density at radius 1 is 0.862 bits per heavy atom. The molecule has 6 aromatic rings. The predicted molar refractivity (Wildman–Crippen MR) is 244 cm³/mol. The number of methoxy groups -OCH3 is 1. The van der Waals surface area contributed by atoms with E-state index in [-0.39, 0.29) is 29.8 Å². The molecule has 6 heterocycles. The van der Waals surface area contributed by atoms with E-state index in [4.69, 9.17) is 15.6 Å². The highest BCUT2D eigenvalue weighted by atomic mass is 19.1. The number of halogens is 1. The van der Waals surface area contributed by atoms with Gasteiger partial charge in [-0.2, -0.15) is 5.10 Å². The molecular formula is C48H50FN11O5. The summed E-state index contributed by atoms with van der Waals surface area (Å²) in [5.41, 5.74) is 14.7. The SMILES string of the molecule is COc1ccc(F)cc1C(=O)NCc1ccc(-c2nn(-c3ccc(N4CC(CN5CCN(c6ccc7c(c6)CN(C)C7=O)CC5)C4)cc3)c3ncnc(N)c23)cc1.O=C1CCCC(=O)N1. The maximum atomic E-state index is 13.8. The Balaban J connectivity index is 0.000000603. The molecule has 334 valence electrons. The van der Waals surface area contributed by atoms with E-state index in [0.717, 1.165) is 79.8 Å². The minimum atomic E-state index is -0.514. The number of aromatic nitrogens is 4. The molecule has 0 radical (unpaired) electrons. The summed E-state index contributed by atoms with van der Waals surface area (Å²) >= 11 is 0. The number of ether oxygens (including phenoxy) is 1. The van der Waals surface area contributed by atoms with Crippen LogP contribution in [0.15, 0.2) is 91.3 Å². The lowest BCUT2D eigenvalue weighted by Crippen LogP contribution is -2.55. The standard InChI is InChI=1S/C43H43FN10O3.C5H7NO2/c1-50-25-30-19-34(12-13-35(30)43(50)56)52-17-15-51(16-18-52)22-28-23-53(24-28)32-8-10-33(11-9-32)54-41-38(40(45)47-26-48-41)39(49-54)29-5-3-27(4-6-29)21-46-42(55)36-20-31(44)7-14-37(36)57-2;7-4-2-1-3-5(8)6-4/h3-14,19-20,26,28H,15-18,21-25H2,1-2H3,(H,46,55)(H2,45,47,48);1-3H2,(H,6,7,8). The van der Waals surface area contributed by atoms with Gasteiger partial charge in [0, 0.05) is 107 Å². The lowest BCUT2D eigenvalue weighted by atomic mass is 9.98. The van der Waals surface area contributed by atoms with Crippen LogP contribution < -0.4 is 30.9 Å². The van der Waals surface area contributed by atoms with E-state index in [9.17, 15) is 23.6 Å². The lowest BCUT2D eigenvalue weighted by Gasteiger charge is -2.45. The second kappa shape index (κ2) is 18.4. The van der Waals surface area contributed by atoms with Gasteiger partial charge in [0.05, 0.1) is 23.7 Å². The van der Waals surface area contributed by atoms with Crippen LogP contribution >= 0.6 is 0 Å². The summed E-state index contributed by atoms with van der Waals surface area (Å²) in [7, 11) is 3.30. The Morgan fingerprint density at radius 3 is 2.26 bits per heavy atom. The number of hydrogen-bond donors (Lipinski definition) is 3. The Bertz CT molecular complexity index is 2750. The molecule has 4 amide bonds. The average Bonchev–Trinajstić information content (AvgIpc) is 3.84. The number of nitrogen functional groups attached to an aromatic ring is 1. The van der Waals surface area contributed by atoms with Gasteiger partial charge in [0.2, 0.25) is 11.8 Å². The van der Waals surface area contributed by atoms with Crippen molar-refractivity contribution in [3.05, 3.63) is 119 Å². The van der Waals surface area contributed by atoms with Gasteiger partial charge in [-0.05, 0) is 78.2 Å². The maximum Gasteiger partial charge on any atom is 0.255 e. The van der Waals surface area contributed by atoms with Crippen LogP contribution in [0.2, 0.25) is 0 Å². The lowest BCUT2D eigenvalue weighted by molar-refractivity contribution is -0.132. The molecule has 0 spiro atoms. The molecule has 2 aromatic heterocycles. The topological polar surface area (TPSA) is 184 Å². The van der Waals surface area contributed by atoms with Crippen LogP contribution in [-0.4, -0.2) is 113 Å². The van der Waals surface area contributed by atoms with Crippen LogP contribution in [0.3, 0.4) is 0 Å². The second-order valence-electron chi connectivity index (χ2n) is 16.8. The van der Waals surface area contributed by atoms with E-state index in [1.807, 2.05) is 37.4 Å². The highest BCUT2D eigenvalue weighted by Gasteiger charge is 2.31. The predicted octanol–water partition coefficient (Wildman–Crippen LogP) is 4.80. The maximum absolute atomic E-state index is 13.8. The molecule has 0 aliphatic carbocycles. The monoisotopic (exact) mass is 879 g/mol. The molecule has 0 bridgehead atoms. The summed E-state index contributed by atoms with van der Waals surface area (Å²) in [5, 5.41) is 10.7. The van der Waals surface area contributed by atoms with Crippen molar-refractivity contribution in [1.82, 2.24) is 40.2 Å². The molecule has 3 fully saturated rings. The van der Waals surface area contributed by atoms with E-state index < -0.39 is 11.7 Å². The van der Waals surface area contributed by atoms with Crippen LogP contribution in [0.5, 0.6) is 5.75 Å². The second-order valence-corrected chi connectivity index (χ2v) is 16.8. The van der Waals surface area contributed by atoms with E-state index in [1.165, 1.54) is 36.9 Å². The first-order valence-electron chi connectivity index (χ1n) is 21.8. The fourth-order valence-corrected chi connectivity index (χ4v) is 8.87. The number of benzene rings is 4. The molecular weight excluding hydrogens is 830 g/mol.